The molecular formula is C10H20N2O2. The van der Waals surface area contributed by atoms with Crippen LogP contribution >= 0.6 is 0 Å². The number of likely N-dealkylation sites (tertiary alicyclic amines) is 1. The number of rotatable bonds is 3. The first-order valence-corrected chi connectivity index (χ1v) is 5.13. The molecule has 1 atom stereocenters. The minimum atomic E-state index is -0.799. The van der Waals surface area contributed by atoms with E-state index >= 15 is 0 Å². The van der Waals surface area contributed by atoms with Crippen molar-refractivity contribution in [2.24, 2.45) is 11.1 Å². The topological polar surface area (TPSA) is 66.6 Å². The molecule has 0 amide bonds. The Bertz CT molecular complexity index is 206. The van der Waals surface area contributed by atoms with Crippen molar-refractivity contribution in [3.05, 3.63) is 0 Å². The van der Waals surface area contributed by atoms with Crippen molar-refractivity contribution in [1.29, 1.82) is 0 Å². The molecule has 4 nitrogen and oxygen atoms in total. The van der Waals surface area contributed by atoms with Gasteiger partial charge in [-0.2, -0.15) is 0 Å². The summed E-state index contributed by atoms with van der Waals surface area (Å²) in [6.07, 6.45) is 2.10. The van der Waals surface area contributed by atoms with Gasteiger partial charge in [-0.1, -0.05) is 13.8 Å². The van der Waals surface area contributed by atoms with Crippen molar-refractivity contribution in [1.82, 2.24) is 4.90 Å². The number of aliphatic carboxylic acids is 1. The van der Waals surface area contributed by atoms with Gasteiger partial charge in [0.15, 0.2) is 0 Å². The molecule has 0 saturated carbocycles. The van der Waals surface area contributed by atoms with Gasteiger partial charge in [0.1, 0.15) is 6.04 Å². The van der Waals surface area contributed by atoms with E-state index in [4.69, 9.17) is 10.8 Å². The second kappa shape index (κ2) is 4.28. The number of hydrogen-bond acceptors (Lipinski definition) is 3. The van der Waals surface area contributed by atoms with E-state index in [0.29, 0.717) is 5.41 Å². The summed E-state index contributed by atoms with van der Waals surface area (Å²) >= 11 is 0. The lowest BCUT2D eigenvalue weighted by Crippen LogP contribution is -2.50. The number of piperidine rings is 1. The van der Waals surface area contributed by atoms with Gasteiger partial charge < -0.3 is 10.8 Å². The maximum absolute atomic E-state index is 10.9. The van der Waals surface area contributed by atoms with Crippen LogP contribution in [0.3, 0.4) is 0 Å². The fourth-order valence-electron chi connectivity index (χ4n) is 1.85. The smallest absolute Gasteiger partial charge is 0.322 e. The van der Waals surface area contributed by atoms with Crippen molar-refractivity contribution in [3.63, 3.8) is 0 Å². The van der Waals surface area contributed by atoms with Gasteiger partial charge in [-0.3, -0.25) is 9.69 Å². The van der Waals surface area contributed by atoms with E-state index in [1.54, 1.807) is 0 Å². The highest BCUT2D eigenvalue weighted by Gasteiger charge is 2.31. The molecular weight excluding hydrogens is 180 g/mol. The molecule has 1 aliphatic heterocycles. The molecule has 1 heterocycles. The number of hydrogen-bond donors (Lipinski definition) is 2. The van der Waals surface area contributed by atoms with Crippen LogP contribution in [0.4, 0.5) is 0 Å². The Morgan fingerprint density at radius 3 is 2.36 bits per heavy atom. The molecule has 0 radical (unpaired) electrons. The highest BCUT2D eigenvalue weighted by Crippen LogP contribution is 2.30. The zero-order chi connectivity index (χ0) is 10.8. The van der Waals surface area contributed by atoms with Gasteiger partial charge in [0.25, 0.3) is 0 Å². The molecule has 0 aliphatic carbocycles. The van der Waals surface area contributed by atoms with Crippen LogP contribution in [0.15, 0.2) is 0 Å². The van der Waals surface area contributed by atoms with E-state index in [0.717, 1.165) is 25.9 Å². The first-order chi connectivity index (χ1) is 6.46. The molecule has 3 N–H and O–H groups in total. The van der Waals surface area contributed by atoms with Crippen LogP contribution in [0.25, 0.3) is 0 Å². The molecule has 0 aromatic heterocycles. The van der Waals surface area contributed by atoms with Gasteiger partial charge in [0.05, 0.1) is 0 Å². The Morgan fingerprint density at radius 2 is 2.00 bits per heavy atom. The van der Waals surface area contributed by atoms with Gasteiger partial charge in [-0.05, 0) is 31.3 Å². The maximum atomic E-state index is 10.9. The van der Waals surface area contributed by atoms with Crippen LogP contribution in [0, 0.1) is 5.41 Å². The number of carboxylic acid groups (broad SMARTS) is 1. The SMILES string of the molecule is CC1(C)CCN(C(CN)C(=O)O)CC1. The van der Waals surface area contributed by atoms with Crippen LogP contribution < -0.4 is 5.73 Å². The summed E-state index contributed by atoms with van der Waals surface area (Å²) in [7, 11) is 0. The highest BCUT2D eigenvalue weighted by atomic mass is 16.4. The van der Waals surface area contributed by atoms with Crippen molar-refractivity contribution < 1.29 is 9.90 Å². The zero-order valence-corrected chi connectivity index (χ0v) is 8.99. The van der Waals surface area contributed by atoms with Gasteiger partial charge >= 0.3 is 5.97 Å². The summed E-state index contributed by atoms with van der Waals surface area (Å²) in [6.45, 7) is 6.35. The summed E-state index contributed by atoms with van der Waals surface area (Å²) < 4.78 is 0. The quantitative estimate of drug-likeness (QED) is 0.697. The second-order valence-corrected chi connectivity index (χ2v) is 4.79. The third kappa shape index (κ3) is 2.69. The Morgan fingerprint density at radius 1 is 1.50 bits per heavy atom. The predicted molar refractivity (Wildman–Crippen MR) is 55.1 cm³/mol. The Labute approximate surface area is 85.1 Å². The Kier molecular flexibility index (Phi) is 3.50. The van der Waals surface area contributed by atoms with Crippen LogP contribution in [0.1, 0.15) is 26.7 Å². The molecule has 1 fully saturated rings. The van der Waals surface area contributed by atoms with Crippen LogP contribution in [-0.2, 0) is 4.79 Å². The first-order valence-electron chi connectivity index (χ1n) is 5.13. The molecule has 82 valence electrons. The lowest BCUT2D eigenvalue weighted by atomic mass is 9.82. The van der Waals surface area contributed by atoms with Crippen molar-refractivity contribution >= 4 is 5.97 Å². The minimum absolute atomic E-state index is 0.204. The minimum Gasteiger partial charge on any atom is -0.480 e. The Balaban J connectivity index is 2.51. The van der Waals surface area contributed by atoms with Gasteiger partial charge in [-0.15, -0.1) is 0 Å². The third-order valence-electron chi connectivity index (χ3n) is 3.10. The largest absolute Gasteiger partial charge is 0.480 e. The van der Waals surface area contributed by atoms with Gasteiger partial charge in [0, 0.05) is 6.54 Å². The summed E-state index contributed by atoms with van der Waals surface area (Å²) in [5.74, 6) is -0.799. The number of nitrogens with zero attached hydrogens (tertiary/aromatic N) is 1. The molecule has 14 heavy (non-hydrogen) atoms. The standard InChI is InChI=1S/C10H20N2O2/c1-10(2)3-5-12(6-4-10)8(7-11)9(13)14/h8H,3-7,11H2,1-2H3,(H,13,14). The molecule has 1 aliphatic rings. The normalized spacial score (nSPS) is 24.5. The van der Waals surface area contributed by atoms with E-state index in [1.165, 1.54) is 0 Å². The maximum Gasteiger partial charge on any atom is 0.322 e. The molecule has 4 heteroatoms. The molecule has 0 aromatic rings. The molecule has 1 unspecified atom stereocenters. The predicted octanol–water partition coefficient (Wildman–Crippen LogP) is 0.520. The van der Waals surface area contributed by atoms with E-state index in [9.17, 15) is 4.79 Å². The highest BCUT2D eigenvalue weighted by molar-refractivity contribution is 5.73. The number of carboxylic acids is 1. The lowest BCUT2D eigenvalue weighted by Gasteiger charge is -2.39. The number of carbonyl (C=O) groups is 1. The van der Waals surface area contributed by atoms with Crippen LogP contribution in [0.2, 0.25) is 0 Å². The third-order valence-corrected chi connectivity index (χ3v) is 3.10. The Hall–Kier alpha value is -0.610. The molecule has 0 bridgehead atoms. The second-order valence-electron chi connectivity index (χ2n) is 4.79. The average Bonchev–Trinajstić information content (AvgIpc) is 2.08. The van der Waals surface area contributed by atoms with Crippen LogP contribution in [-0.4, -0.2) is 41.7 Å². The van der Waals surface area contributed by atoms with Gasteiger partial charge in [0.2, 0.25) is 0 Å². The monoisotopic (exact) mass is 200 g/mol. The zero-order valence-electron chi connectivity index (χ0n) is 8.99. The fourth-order valence-corrected chi connectivity index (χ4v) is 1.85. The van der Waals surface area contributed by atoms with Crippen molar-refractivity contribution in [3.8, 4) is 0 Å². The summed E-state index contributed by atoms with van der Waals surface area (Å²) in [5, 5.41) is 8.93. The molecule has 1 rings (SSSR count). The van der Waals surface area contributed by atoms with E-state index in [-0.39, 0.29) is 6.54 Å². The van der Waals surface area contributed by atoms with E-state index in [2.05, 4.69) is 13.8 Å². The fraction of sp³-hybridized carbons (Fsp3) is 0.900. The molecule has 1 saturated heterocycles. The van der Waals surface area contributed by atoms with Crippen LogP contribution in [0.5, 0.6) is 0 Å². The van der Waals surface area contributed by atoms with E-state index in [1.807, 2.05) is 4.90 Å². The van der Waals surface area contributed by atoms with Crippen molar-refractivity contribution in [2.45, 2.75) is 32.7 Å². The summed E-state index contributed by atoms with van der Waals surface area (Å²) in [6, 6.07) is -0.494. The van der Waals surface area contributed by atoms with Gasteiger partial charge in [-0.25, -0.2) is 0 Å². The number of nitrogens with two attached hydrogens (primary N) is 1. The first kappa shape index (κ1) is 11.5. The summed E-state index contributed by atoms with van der Waals surface area (Å²) in [5.41, 5.74) is 5.80. The average molecular weight is 200 g/mol. The summed E-state index contributed by atoms with van der Waals surface area (Å²) in [4.78, 5) is 12.8. The molecule has 0 aromatic carbocycles. The van der Waals surface area contributed by atoms with Crippen molar-refractivity contribution in [2.75, 3.05) is 19.6 Å². The lowest BCUT2D eigenvalue weighted by molar-refractivity contribution is -0.143. The van der Waals surface area contributed by atoms with E-state index < -0.39 is 12.0 Å². The molecule has 0 spiro atoms.